The van der Waals surface area contributed by atoms with Crippen LogP contribution in [0.25, 0.3) is 0 Å². The van der Waals surface area contributed by atoms with Gasteiger partial charge in [-0.05, 0) is 25.7 Å². The van der Waals surface area contributed by atoms with Crippen LogP contribution in [-0.4, -0.2) is 13.2 Å². The second kappa shape index (κ2) is 23.4. The van der Waals surface area contributed by atoms with Crippen LogP contribution in [0.2, 0.25) is 0 Å². The fraction of sp³-hybridized carbons (Fsp3) is 0.833. The number of hydrogen-bond acceptors (Lipinski definition) is 1. The third-order valence-corrected chi connectivity index (χ3v) is 4.71. The van der Waals surface area contributed by atoms with Gasteiger partial charge in [0.1, 0.15) is 0 Å². The van der Waals surface area contributed by atoms with Crippen molar-refractivity contribution in [1.82, 2.24) is 0 Å². The smallest absolute Gasteiger partial charge is 0.0651 e. The molecular formula is C24H46O. The topological polar surface area (TPSA) is 9.23 Å². The molecular weight excluding hydrogens is 304 g/mol. The van der Waals surface area contributed by atoms with Crippen LogP contribution in [0, 0.1) is 0 Å². The van der Waals surface area contributed by atoms with E-state index in [2.05, 4.69) is 38.2 Å². The number of rotatable bonds is 20. The Balaban J connectivity index is 3.13. The zero-order valence-electron chi connectivity index (χ0n) is 17.4. The SMILES string of the molecule is CCCCCCCCCC=CCOCC=CCCCCCCCCC. The second-order valence-electron chi connectivity index (χ2n) is 7.30. The van der Waals surface area contributed by atoms with Crippen LogP contribution in [0.5, 0.6) is 0 Å². The molecule has 0 aliphatic heterocycles. The molecule has 25 heavy (non-hydrogen) atoms. The molecule has 0 fully saturated rings. The van der Waals surface area contributed by atoms with Crippen LogP contribution < -0.4 is 0 Å². The van der Waals surface area contributed by atoms with Crippen LogP contribution in [-0.2, 0) is 4.74 Å². The largest absolute Gasteiger partial charge is 0.373 e. The summed E-state index contributed by atoms with van der Waals surface area (Å²) in [5.74, 6) is 0. The van der Waals surface area contributed by atoms with Gasteiger partial charge in [0.05, 0.1) is 13.2 Å². The Bertz CT molecular complexity index is 252. The lowest BCUT2D eigenvalue weighted by atomic mass is 10.1. The highest BCUT2D eigenvalue weighted by Crippen LogP contribution is 2.09. The van der Waals surface area contributed by atoms with E-state index in [9.17, 15) is 0 Å². The summed E-state index contributed by atoms with van der Waals surface area (Å²) in [6.07, 6.45) is 30.8. The lowest BCUT2D eigenvalue weighted by Gasteiger charge is -1.99. The molecule has 0 aromatic rings. The van der Waals surface area contributed by atoms with Crippen LogP contribution in [0.3, 0.4) is 0 Å². The summed E-state index contributed by atoms with van der Waals surface area (Å²) < 4.78 is 5.60. The van der Waals surface area contributed by atoms with Crippen molar-refractivity contribution < 1.29 is 4.74 Å². The maximum Gasteiger partial charge on any atom is 0.0651 e. The van der Waals surface area contributed by atoms with Gasteiger partial charge in [-0.15, -0.1) is 0 Å². The third-order valence-electron chi connectivity index (χ3n) is 4.71. The number of ether oxygens (including phenoxy) is 1. The van der Waals surface area contributed by atoms with Gasteiger partial charge in [-0.1, -0.05) is 115 Å². The van der Waals surface area contributed by atoms with E-state index in [1.807, 2.05) is 0 Å². The summed E-state index contributed by atoms with van der Waals surface area (Å²) in [4.78, 5) is 0. The highest BCUT2D eigenvalue weighted by atomic mass is 16.5. The first-order chi connectivity index (χ1) is 12.4. The van der Waals surface area contributed by atoms with Gasteiger partial charge >= 0.3 is 0 Å². The minimum Gasteiger partial charge on any atom is -0.373 e. The average Bonchev–Trinajstić information content (AvgIpc) is 2.63. The number of hydrogen-bond donors (Lipinski definition) is 0. The minimum absolute atomic E-state index is 0.762. The maximum absolute atomic E-state index is 5.60. The fourth-order valence-electron chi connectivity index (χ4n) is 3.01. The molecule has 0 radical (unpaired) electrons. The molecule has 0 heterocycles. The Hall–Kier alpha value is -0.560. The van der Waals surface area contributed by atoms with Crippen LogP contribution in [0.4, 0.5) is 0 Å². The molecule has 0 saturated carbocycles. The predicted molar refractivity (Wildman–Crippen MR) is 114 cm³/mol. The van der Waals surface area contributed by atoms with Crippen molar-refractivity contribution in [1.29, 1.82) is 0 Å². The molecule has 0 saturated heterocycles. The predicted octanol–water partition coefficient (Wildman–Crippen LogP) is 8.40. The van der Waals surface area contributed by atoms with Gasteiger partial charge in [0.25, 0.3) is 0 Å². The zero-order chi connectivity index (χ0) is 18.3. The van der Waals surface area contributed by atoms with E-state index >= 15 is 0 Å². The monoisotopic (exact) mass is 350 g/mol. The fourth-order valence-corrected chi connectivity index (χ4v) is 3.01. The van der Waals surface area contributed by atoms with Crippen LogP contribution in [0.15, 0.2) is 24.3 Å². The Kier molecular flexibility index (Phi) is 22.9. The van der Waals surface area contributed by atoms with Crippen molar-refractivity contribution >= 4 is 0 Å². The standard InChI is InChI=1S/C24H46O/c1-3-5-7-9-11-13-15-17-19-21-23-25-24-22-20-18-16-14-12-10-8-6-4-2/h19-22H,3-18,23-24H2,1-2H3. The molecule has 1 nitrogen and oxygen atoms in total. The van der Waals surface area contributed by atoms with Gasteiger partial charge in [-0.25, -0.2) is 0 Å². The second-order valence-corrected chi connectivity index (χ2v) is 7.30. The number of allylic oxidation sites excluding steroid dienone is 2. The highest BCUT2D eigenvalue weighted by Gasteiger charge is 1.90. The first-order valence-corrected chi connectivity index (χ1v) is 11.3. The molecule has 0 spiro atoms. The molecule has 0 unspecified atom stereocenters. The van der Waals surface area contributed by atoms with E-state index in [4.69, 9.17) is 4.74 Å². The zero-order valence-corrected chi connectivity index (χ0v) is 17.4. The Morgan fingerprint density at radius 2 is 0.800 bits per heavy atom. The minimum atomic E-state index is 0.762. The van der Waals surface area contributed by atoms with Crippen molar-refractivity contribution in [2.75, 3.05) is 13.2 Å². The van der Waals surface area contributed by atoms with Crippen molar-refractivity contribution in [3.8, 4) is 0 Å². The molecule has 0 N–H and O–H groups in total. The van der Waals surface area contributed by atoms with Crippen LogP contribution >= 0.6 is 0 Å². The summed E-state index contributed by atoms with van der Waals surface area (Å²) in [5, 5.41) is 0. The summed E-state index contributed by atoms with van der Waals surface area (Å²) >= 11 is 0. The lowest BCUT2D eigenvalue weighted by molar-refractivity contribution is 0.193. The molecule has 0 atom stereocenters. The number of unbranched alkanes of at least 4 members (excludes halogenated alkanes) is 14. The molecule has 1 heteroatoms. The Morgan fingerprint density at radius 3 is 1.20 bits per heavy atom. The quantitative estimate of drug-likeness (QED) is 0.158. The van der Waals surface area contributed by atoms with Gasteiger partial charge < -0.3 is 4.74 Å². The highest BCUT2D eigenvalue weighted by molar-refractivity contribution is 4.84. The Labute approximate surface area is 159 Å². The lowest BCUT2D eigenvalue weighted by Crippen LogP contribution is -1.90. The summed E-state index contributed by atoms with van der Waals surface area (Å²) in [6.45, 7) is 6.08. The van der Waals surface area contributed by atoms with Crippen molar-refractivity contribution in [2.24, 2.45) is 0 Å². The van der Waals surface area contributed by atoms with E-state index in [0.29, 0.717) is 0 Å². The first kappa shape index (κ1) is 24.4. The molecule has 0 aliphatic carbocycles. The van der Waals surface area contributed by atoms with Gasteiger partial charge in [-0.2, -0.15) is 0 Å². The molecule has 0 rings (SSSR count). The molecule has 0 amide bonds. The molecule has 0 aromatic carbocycles. The van der Waals surface area contributed by atoms with E-state index in [1.165, 1.54) is 103 Å². The molecule has 0 aromatic heterocycles. The van der Waals surface area contributed by atoms with E-state index in [-0.39, 0.29) is 0 Å². The summed E-state index contributed by atoms with van der Waals surface area (Å²) in [6, 6.07) is 0. The van der Waals surface area contributed by atoms with Crippen molar-refractivity contribution in [2.45, 2.75) is 117 Å². The van der Waals surface area contributed by atoms with Gasteiger partial charge in [0.15, 0.2) is 0 Å². The summed E-state index contributed by atoms with van der Waals surface area (Å²) in [7, 11) is 0. The average molecular weight is 351 g/mol. The molecule has 0 bridgehead atoms. The van der Waals surface area contributed by atoms with Crippen molar-refractivity contribution in [3.05, 3.63) is 24.3 Å². The van der Waals surface area contributed by atoms with E-state index in [0.717, 1.165) is 13.2 Å². The van der Waals surface area contributed by atoms with Gasteiger partial charge in [0.2, 0.25) is 0 Å². The Morgan fingerprint density at radius 1 is 0.440 bits per heavy atom. The maximum atomic E-state index is 5.60. The third kappa shape index (κ3) is 23.4. The molecule has 0 aliphatic rings. The van der Waals surface area contributed by atoms with Crippen molar-refractivity contribution in [3.63, 3.8) is 0 Å². The summed E-state index contributed by atoms with van der Waals surface area (Å²) in [5.41, 5.74) is 0. The van der Waals surface area contributed by atoms with E-state index in [1.54, 1.807) is 0 Å². The molecule has 148 valence electrons. The van der Waals surface area contributed by atoms with Gasteiger partial charge in [0, 0.05) is 0 Å². The van der Waals surface area contributed by atoms with Crippen LogP contribution in [0.1, 0.15) is 117 Å². The first-order valence-electron chi connectivity index (χ1n) is 11.3. The van der Waals surface area contributed by atoms with Gasteiger partial charge in [-0.3, -0.25) is 0 Å². The normalized spacial score (nSPS) is 11.9. The van der Waals surface area contributed by atoms with E-state index < -0.39 is 0 Å².